The molecule has 2 heterocycles. The molecule has 112 valence electrons. The monoisotopic (exact) mass is 268 g/mol. The Morgan fingerprint density at radius 1 is 1.26 bits per heavy atom. The van der Waals surface area contributed by atoms with Crippen LogP contribution in [0.5, 0.6) is 0 Å². The molecule has 2 rings (SSSR count). The number of nitrogens with zero attached hydrogens (tertiary/aromatic N) is 1. The van der Waals surface area contributed by atoms with E-state index >= 15 is 0 Å². The van der Waals surface area contributed by atoms with Gasteiger partial charge in [0, 0.05) is 44.9 Å². The maximum atomic E-state index is 5.48. The van der Waals surface area contributed by atoms with Gasteiger partial charge in [0.1, 0.15) is 0 Å². The van der Waals surface area contributed by atoms with E-state index in [1.807, 2.05) is 0 Å². The van der Waals surface area contributed by atoms with Gasteiger partial charge in [-0.1, -0.05) is 20.8 Å². The van der Waals surface area contributed by atoms with E-state index in [0.717, 1.165) is 31.1 Å². The van der Waals surface area contributed by atoms with Crippen LogP contribution in [0.25, 0.3) is 0 Å². The Morgan fingerprint density at radius 2 is 2.00 bits per heavy atom. The van der Waals surface area contributed by atoms with Gasteiger partial charge in [-0.25, -0.2) is 0 Å². The van der Waals surface area contributed by atoms with Crippen molar-refractivity contribution in [3.8, 4) is 0 Å². The maximum absolute atomic E-state index is 5.48. The van der Waals surface area contributed by atoms with Crippen LogP contribution in [-0.4, -0.2) is 49.8 Å². The van der Waals surface area contributed by atoms with Crippen molar-refractivity contribution in [2.75, 3.05) is 32.8 Å². The molecule has 0 aromatic heterocycles. The lowest BCUT2D eigenvalue weighted by atomic mass is 9.95. The van der Waals surface area contributed by atoms with Gasteiger partial charge in [0.25, 0.3) is 0 Å². The van der Waals surface area contributed by atoms with Gasteiger partial charge >= 0.3 is 0 Å². The van der Waals surface area contributed by atoms with Crippen LogP contribution in [0.4, 0.5) is 0 Å². The van der Waals surface area contributed by atoms with Gasteiger partial charge in [0.2, 0.25) is 0 Å². The highest BCUT2D eigenvalue weighted by Gasteiger charge is 2.29. The summed E-state index contributed by atoms with van der Waals surface area (Å²) in [5.74, 6) is 1.65. The van der Waals surface area contributed by atoms with Crippen LogP contribution in [0.2, 0.25) is 0 Å². The third-order valence-corrected chi connectivity index (χ3v) is 4.67. The minimum atomic E-state index is 0.697. The molecule has 2 fully saturated rings. The van der Waals surface area contributed by atoms with E-state index < -0.39 is 0 Å². The molecule has 0 bridgehead atoms. The van der Waals surface area contributed by atoms with Crippen LogP contribution in [0.15, 0.2) is 0 Å². The molecule has 3 nitrogen and oxygen atoms in total. The van der Waals surface area contributed by atoms with Crippen molar-refractivity contribution < 1.29 is 4.74 Å². The van der Waals surface area contributed by atoms with Gasteiger partial charge in [0.15, 0.2) is 0 Å². The van der Waals surface area contributed by atoms with Crippen molar-refractivity contribution in [1.29, 1.82) is 0 Å². The topological polar surface area (TPSA) is 24.5 Å². The zero-order chi connectivity index (χ0) is 13.7. The second-order valence-corrected chi connectivity index (χ2v) is 6.81. The highest BCUT2D eigenvalue weighted by molar-refractivity contribution is 4.87. The first-order chi connectivity index (χ1) is 9.19. The zero-order valence-electron chi connectivity index (χ0n) is 13.0. The zero-order valence-corrected chi connectivity index (χ0v) is 13.0. The Kier molecular flexibility index (Phi) is 6.11. The van der Waals surface area contributed by atoms with Gasteiger partial charge in [-0.3, -0.25) is 4.90 Å². The van der Waals surface area contributed by atoms with Crippen molar-refractivity contribution in [1.82, 2.24) is 10.2 Å². The first kappa shape index (κ1) is 15.3. The minimum Gasteiger partial charge on any atom is -0.381 e. The molecule has 0 aromatic rings. The summed E-state index contributed by atoms with van der Waals surface area (Å²) in [5.41, 5.74) is 0. The van der Waals surface area contributed by atoms with Gasteiger partial charge in [-0.05, 0) is 37.5 Å². The van der Waals surface area contributed by atoms with E-state index in [-0.39, 0.29) is 0 Å². The first-order valence-electron chi connectivity index (χ1n) is 8.24. The molecule has 2 unspecified atom stereocenters. The van der Waals surface area contributed by atoms with Gasteiger partial charge in [-0.2, -0.15) is 0 Å². The first-order valence-corrected chi connectivity index (χ1v) is 8.24. The summed E-state index contributed by atoms with van der Waals surface area (Å²) in [7, 11) is 0. The van der Waals surface area contributed by atoms with Crippen LogP contribution in [0, 0.1) is 11.8 Å². The molecule has 19 heavy (non-hydrogen) atoms. The molecule has 0 radical (unpaired) electrons. The molecular formula is C16H32N2O. The predicted octanol–water partition coefficient (Wildman–Crippen LogP) is 2.51. The molecule has 0 aliphatic carbocycles. The number of rotatable bonds is 5. The quantitative estimate of drug-likeness (QED) is 0.829. The minimum absolute atomic E-state index is 0.697. The Morgan fingerprint density at radius 3 is 2.63 bits per heavy atom. The van der Waals surface area contributed by atoms with E-state index in [4.69, 9.17) is 4.74 Å². The van der Waals surface area contributed by atoms with Crippen molar-refractivity contribution in [2.24, 2.45) is 11.8 Å². The Hall–Kier alpha value is -0.120. The standard InChI is InChI=1S/C16H32N2O/c1-4-16-10-17-15(9-13(2)3)12-18(16)11-14-5-7-19-8-6-14/h13-17H,4-12H2,1-3H3. The third kappa shape index (κ3) is 4.73. The number of ether oxygens (including phenoxy) is 1. The lowest BCUT2D eigenvalue weighted by molar-refractivity contribution is 0.0336. The van der Waals surface area contributed by atoms with Crippen molar-refractivity contribution in [3.63, 3.8) is 0 Å². The van der Waals surface area contributed by atoms with Crippen LogP contribution in [0.3, 0.4) is 0 Å². The Labute approximate surface area is 119 Å². The van der Waals surface area contributed by atoms with Gasteiger partial charge in [0.05, 0.1) is 0 Å². The molecule has 3 heteroatoms. The number of hydrogen-bond donors (Lipinski definition) is 1. The van der Waals surface area contributed by atoms with Crippen molar-refractivity contribution in [3.05, 3.63) is 0 Å². The molecule has 0 aromatic carbocycles. The van der Waals surface area contributed by atoms with E-state index in [2.05, 4.69) is 31.0 Å². The van der Waals surface area contributed by atoms with E-state index in [0.29, 0.717) is 6.04 Å². The van der Waals surface area contributed by atoms with E-state index in [1.165, 1.54) is 45.3 Å². The van der Waals surface area contributed by atoms with Crippen molar-refractivity contribution in [2.45, 2.75) is 58.5 Å². The average molecular weight is 268 g/mol. The summed E-state index contributed by atoms with van der Waals surface area (Å²) in [5, 5.41) is 3.75. The summed E-state index contributed by atoms with van der Waals surface area (Å²) in [6.07, 6.45) is 5.09. The third-order valence-electron chi connectivity index (χ3n) is 4.67. The molecule has 0 spiro atoms. The molecule has 1 N–H and O–H groups in total. The number of piperazine rings is 1. The summed E-state index contributed by atoms with van der Waals surface area (Å²) in [6.45, 7) is 12.6. The maximum Gasteiger partial charge on any atom is 0.0469 e. The fraction of sp³-hybridized carbons (Fsp3) is 1.00. The van der Waals surface area contributed by atoms with Crippen LogP contribution >= 0.6 is 0 Å². The van der Waals surface area contributed by atoms with Crippen LogP contribution in [-0.2, 0) is 4.74 Å². The highest BCUT2D eigenvalue weighted by atomic mass is 16.5. The number of nitrogens with one attached hydrogen (secondary N) is 1. The molecule has 0 saturated carbocycles. The molecular weight excluding hydrogens is 236 g/mol. The second kappa shape index (κ2) is 7.61. The van der Waals surface area contributed by atoms with Crippen LogP contribution in [0.1, 0.15) is 46.5 Å². The van der Waals surface area contributed by atoms with Gasteiger partial charge < -0.3 is 10.1 Å². The Bertz CT molecular complexity index is 251. The lowest BCUT2D eigenvalue weighted by Gasteiger charge is -2.42. The Balaban J connectivity index is 1.85. The SMILES string of the molecule is CCC1CNC(CC(C)C)CN1CC1CCOCC1. The van der Waals surface area contributed by atoms with E-state index in [9.17, 15) is 0 Å². The summed E-state index contributed by atoms with van der Waals surface area (Å²) < 4.78 is 5.48. The lowest BCUT2D eigenvalue weighted by Crippen LogP contribution is -2.57. The van der Waals surface area contributed by atoms with Gasteiger partial charge in [-0.15, -0.1) is 0 Å². The summed E-state index contributed by atoms with van der Waals surface area (Å²) >= 11 is 0. The largest absolute Gasteiger partial charge is 0.381 e. The normalized spacial score (nSPS) is 30.9. The molecule has 2 atom stereocenters. The second-order valence-electron chi connectivity index (χ2n) is 6.81. The fourth-order valence-electron chi connectivity index (χ4n) is 3.54. The molecule has 0 amide bonds. The smallest absolute Gasteiger partial charge is 0.0469 e. The predicted molar refractivity (Wildman–Crippen MR) is 80.4 cm³/mol. The molecule has 2 aliphatic rings. The highest BCUT2D eigenvalue weighted by Crippen LogP contribution is 2.21. The van der Waals surface area contributed by atoms with E-state index in [1.54, 1.807) is 0 Å². The van der Waals surface area contributed by atoms with Crippen molar-refractivity contribution >= 4 is 0 Å². The summed E-state index contributed by atoms with van der Waals surface area (Å²) in [6, 6.07) is 1.44. The fourth-order valence-corrected chi connectivity index (χ4v) is 3.54. The average Bonchev–Trinajstić information content (AvgIpc) is 2.39. The number of hydrogen-bond acceptors (Lipinski definition) is 3. The summed E-state index contributed by atoms with van der Waals surface area (Å²) in [4.78, 5) is 2.76. The molecule has 2 saturated heterocycles. The van der Waals surface area contributed by atoms with Crippen LogP contribution < -0.4 is 5.32 Å². The molecule has 2 aliphatic heterocycles.